The normalized spacial score (nSPS) is 25.4. The van der Waals surface area contributed by atoms with Crippen LogP contribution in [0.4, 0.5) is 0 Å². The summed E-state index contributed by atoms with van der Waals surface area (Å²) in [6, 6.07) is 0.681. The smallest absolute Gasteiger partial charge is 0.191 e. The van der Waals surface area contributed by atoms with E-state index in [2.05, 4.69) is 34.4 Å². The van der Waals surface area contributed by atoms with Gasteiger partial charge in [0.25, 0.3) is 0 Å². The van der Waals surface area contributed by atoms with Gasteiger partial charge in [-0.1, -0.05) is 6.92 Å². The van der Waals surface area contributed by atoms with Gasteiger partial charge in [0.05, 0.1) is 0 Å². The minimum absolute atomic E-state index is 0.681. The molecule has 1 aliphatic carbocycles. The molecule has 0 amide bonds. The van der Waals surface area contributed by atoms with Crippen molar-refractivity contribution in [2.75, 3.05) is 32.7 Å². The molecule has 1 heterocycles. The largest absolute Gasteiger partial charge is 0.357 e. The fourth-order valence-electron chi connectivity index (χ4n) is 2.72. The second-order valence-electron chi connectivity index (χ2n) is 6.08. The zero-order chi connectivity index (χ0) is 13.5. The van der Waals surface area contributed by atoms with Crippen molar-refractivity contribution in [1.82, 2.24) is 15.5 Å². The number of piperidine rings is 1. The van der Waals surface area contributed by atoms with Crippen molar-refractivity contribution in [3.63, 3.8) is 0 Å². The lowest BCUT2D eigenvalue weighted by atomic mass is 10.0. The minimum atomic E-state index is 0.681. The fourth-order valence-corrected chi connectivity index (χ4v) is 2.72. The van der Waals surface area contributed by atoms with Crippen LogP contribution in [0.1, 0.15) is 46.0 Å². The second kappa shape index (κ2) is 7.73. The number of hydrogen-bond acceptors (Lipinski definition) is 2. The molecule has 0 aromatic rings. The van der Waals surface area contributed by atoms with Gasteiger partial charge >= 0.3 is 0 Å². The molecule has 0 spiro atoms. The van der Waals surface area contributed by atoms with E-state index in [-0.39, 0.29) is 0 Å². The molecule has 2 rings (SSSR count). The van der Waals surface area contributed by atoms with Gasteiger partial charge < -0.3 is 15.5 Å². The number of nitrogens with zero attached hydrogens (tertiary/aromatic N) is 2. The van der Waals surface area contributed by atoms with Gasteiger partial charge in [0.1, 0.15) is 0 Å². The molecule has 0 bridgehead atoms. The summed E-state index contributed by atoms with van der Waals surface area (Å²) in [6.45, 7) is 10.1. The lowest BCUT2D eigenvalue weighted by Crippen LogP contribution is -2.39. The summed E-state index contributed by atoms with van der Waals surface area (Å²) < 4.78 is 0. The summed E-state index contributed by atoms with van der Waals surface area (Å²) in [5.41, 5.74) is 0. The van der Waals surface area contributed by atoms with Gasteiger partial charge in [0.15, 0.2) is 5.96 Å². The van der Waals surface area contributed by atoms with E-state index >= 15 is 0 Å². The van der Waals surface area contributed by atoms with Gasteiger partial charge in [-0.05, 0) is 58.0 Å². The molecule has 0 radical (unpaired) electrons. The molecular weight excluding hydrogens is 236 g/mol. The Morgan fingerprint density at radius 2 is 2.16 bits per heavy atom. The van der Waals surface area contributed by atoms with Crippen LogP contribution in [0.2, 0.25) is 0 Å². The SMILES string of the molecule is CCNC(=NCCCN1CCCC(C)C1)NC1CC1. The van der Waals surface area contributed by atoms with Gasteiger partial charge in [-0.2, -0.15) is 0 Å². The summed E-state index contributed by atoms with van der Waals surface area (Å²) in [5, 5.41) is 6.79. The molecule has 0 aromatic heterocycles. The molecule has 1 unspecified atom stereocenters. The topological polar surface area (TPSA) is 39.7 Å². The standard InChI is InChI=1S/C15H30N4/c1-3-16-15(18-14-7-8-14)17-9-5-11-19-10-4-6-13(2)12-19/h13-14H,3-12H2,1-2H3,(H2,16,17,18). The number of guanidine groups is 1. The van der Waals surface area contributed by atoms with Crippen LogP contribution in [0.3, 0.4) is 0 Å². The molecule has 19 heavy (non-hydrogen) atoms. The zero-order valence-corrected chi connectivity index (χ0v) is 12.6. The number of hydrogen-bond donors (Lipinski definition) is 2. The Bertz CT molecular complexity index is 286. The summed E-state index contributed by atoms with van der Waals surface area (Å²) in [5.74, 6) is 1.89. The average molecular weight is 266 g/mol. The van der Waals surface area contributed by atoms with E-state index < -0.39 is 0 Å². The van der Waals surface area contributed by atoms with Crippen molar-refractivity contribution >= 4 is 5.96 Å². The Balaban J connectivity index is 1.62. The van der Waals surface area contributed by atoms with E-state index in [1.165, 1.54) is 51.7 Å². The average Bonchev–Trinajstić information content (AvgIpc) is 3.19. The Labute approximate surface area is 118 Å². The lowest BCUT2D eigenvalue weighted by Gasteiger charge is -2.30. The second-order valence-corrected chi connectivity index (χ2v) is 6.08. The van der Waals surface area contributed by atoms with Crippen LogP contribution in [-0.4, -0.2) is 49.6 Å². The monoisotopic (exact) mass is 266 g/mol. The van der Waals surface area contributed by atoms with Crippen molar-refractivity contribution in [3.8, 4) is 0 Å². The van der Waals surface area contributed by atoms with Crippen molar-refractivity contribution < 1.29 is 0 Å². The highest BCUT2D eigenvalue weighted by Gasteiger charge is 2.22. The molecule has 1 saturated heterocycles. The Kier molecular flexibility index (Phi) is 5.95. The van der Waals surface area contributed by atoms with Gasteiger partial charge in [0.2, 0.25) is 0 Å². The quantitative estimate of drug-likeness (QED) is 0.438. The Morgan fingerprint density at radius 1 is 1.32 bits per heavy atom. The van der Waals surface area contributed by atoms with Crippen molar-refractivity contribution in [1.29, 1.82) is 0 Å². The molecule has 1 atom stereocenters. The zero-order valence-electron chi connectivity index (χ0n) is 12.6. The molecule has 0 aromatic carbocycles. The first-order valence-electron chi connectivity index (χ1n) is 8.05. The van der Waals surface area contributed by atoms with E-state index in [0.717, 1.165) is 25.0 Å². The summed E-state index contributed by atoms with van der Waals surface area (Å²) >= 11 is 0. The summed E-state index contributed by atoms with van der Waals surface area (Å²) in [7, 11) is 0. The van der Waals surface area contributed by atoms with E-state index in [1.54, 1.807) is 0 Å². The van der Waals surface area contributed by atoms with Crippen LogP contribution in [0.5, 0.6) is 0 Å². The molecule has 2 N–H and O–H groups in total. The Hall–Kier alpha value is -0.770. The number of rotatable bonds is 6. The van der Waals surface area contributed by atoms with E-state index in [0.29, 0.717) is 6.04 Å². The fraction of sp³-hybridized carbons (Fsp3) is 0.933. The third-order valence-electron chi connectivity index (χ3n) is 3.91. The van der Waals surface area contributed by atoms with Crippen LogP contribution < -0.4 is 10.6 Å². The summed E-state index contributed by atoms with van der Waals surface area (Å²) in [6.07, 6.45) is 6.56. The van der Waals surface area contributed by atoms with Gasteiger partial charge in [-0.15, -0.1) is 0 Å². The maximum Gasteiger partial charge on any atom is 0.191 e. The van der Waals surface area contributed by atoms with Gasteiger partial charge in [-0.3, -0.25) is 4.99 Å². The van der Waals surface area contributed by atoms with Gasteiger partial charge in [-0.25, -0.2) is 0 Å². The van der Waals surface area contributed by atoms with Crippen LogP contribution >= 0.6 is 0 Å². The number of aliphatic imine (C=N–C) groups is 1. The third-order valence-corrected chi connectivity index (χ3v) is 3.91. The molecule has 1 aliphatic heterocycles. The predicted octanol–water partition coefficient (Wildman–Crippen LogP) is 1.83. The number of nitrogens with one attached hydrogen (secondary N) is 2. The van der Waals surface area contributed by atoms with Crippen molar-refractivity contribution in [3.05, 3.63) is 0 Å². The van der Waals surface area contributed by atoms with Crippen LogP contribution in [0.15, 0.2) is 4.99 Å². The van der Waals surface area contributed by atoms with Crippen molar-refractivity contribution in [2.45, 2.75) is 52.0 Å². The van der Waals surface area contributed by atoms with Gasteiger partial charge in [0, 0.05) is 25.7 Å². The van der Waals surface area contributed by atoms with E-state index in [1.807, 2.05) is 0 Å². The maximum absolute atomic E-state index is 4.66. The molecule has 2 fully saturated rings. The van der Waals surface area contributed by atoms with Crippen LogP contribution in [0.25, 0.3) is 0 Å². The molecule has 4 heteroatoms. The van der Waals surface area contributed by atoms with E-state index in [9.17, 15) is 0 Å². The molecular formula is C15H30N4. The third kappa shape index (κ3) is 5.81. The highest BCUT2D eigenvalue weighted by Crippen LogP contribution is 2.18. The highest BCUT2D eigenvalue weighted by atomic mass is 15.2. The molecule has 1 saturated carbocycles. The Morgan fingerprint density at radius 3 is 2.84 bits per heavy atom. The van der Waals surface area contributed by atoms with E-state index in [4.69, 9.17) is 0 Å². The first kappa shape index (κ1) is 14.6. The highest BCUT2D eigenvalue weighted by molar-refractivity contribution is 5.80. The first-order valence-corrected chi connectivity index (χ1v) is 8.05. The molecule has 110 valence electrons. The minimum Gasteiger partial charge on any atom is -0.357 e. The van der Waals surface area contributed by atoms with Crippen LogP contribution in [0, 0.1) is 5.92 Å². The lowest BCUT2D eigenvalue weighted by molar-refractivity contribution is 0.183. The van der Waals surface area contributed by atoms with Crippen molar-refractivity contribution in [2.24, 2.45) is 10.9 Å². The molecule has 2 aliphatic rings. The number of likely N-dealkylation sites (tertiary alicyclic amines) is 1. The van der Waals surface area contributed by atoms with Crippen LogP contribution in [-0.2, 0) is 0 Å². The maximum atomic E-state index is 4.66. The molecule has 4 nitrogen and oxygen atoms in total. The predicted molar refractivity (Wildman–Crippen MR) is 81.6 cm³/mol. The summed E-state index contributed by atoms with van der Waals surface area (Å²) in [4.78, 5) is 7.27. The first-order chi connectivity index (χ1) is 9.28.